The van der Waals surface area contributed by atoms with Crippen LogP contribution in [0.3, 0.4) is 0 Å². The molecule has 1 unspecified atom stereocenters. The van der Waals surface area contributed by atoms with Crippen LogP contribution in [0.25, 0.3) is 0 Å². The second kappa shape index (κ2) is 14.6. The lowest BCUT2D eigenvalue weighted by molar-refractivity contribution is -0.390. The molecule has 3 aliphatic heterocycles. The third-order valence-electron chi connectivity index (χ3n) is 7.47. The molecule has 20 nitrogen and oxygen atoms in total. The van der Waals surface area contributed by atoms with Gasteiger partial charge < -0.3 is 90.3 Å². The number of rotatable bonds is 11. The van der Waals surface area contributed by atoms with E-state index >= 15 is 0 Å². The summed E-state index contributed by atoms with van der Waals surface area (Å²) in [7, 11) is 0. The number of aliphatic hydroxyl groups is 11. The van der Waals surface area contributed by atoms with E-state index in [4.69, 9.17) is 23.7 Å². The van der Waals surface area contributed by atoms with Gasteiger partial charge >= 0.3 is 5.97 Å². The Morgan fingerprint density at radius 3 is 2.07 bits per heavy atom. The molecule has 20 heteroatoms. The van der Waals surface area contributed by atoms with Crippen molar-refractivity contribution < 1.29 is 94.6 Å². The van der Waals surface area contributed by atoms with Crippen molar-refractivity contribution in [2.45, 2.75) is 111 Å². The van der Waals surface area contributed by atoms with Crippen molar-refractivity contribution in [1.82, 2.24) is 5.32 Å². The molecule has 0 saturated carbocycles. The third kappa shape index (κ3) is 7.41. The van der Waals surface area contributed by atoms with Crippen LogP contribution in [-0.4, -0.2) is 191 Å². The van der Waals surface area contributed by atoms with Gasteiger partial charge in [0.05, 0.1) is 32.0 Å². The second-order valence-corrected chi connectivity index (χ2v) is 10.5. The number of hydrogen-bond acceptors (Lipinski definition) is 18. The number of carboxylic acids is 1. The number of aliphatic hydroxyl groups excluding tert-OH is 11. The Morgan fingerprint density at radius 1 is 0.907 bits per heavy atom. The molecule has 0 aromatic carbocycles. The first-order chi connectivity index (χ1) is 20.1. The van der Waals surface area contributed by atoms with E-state index in [1.807, 2.05) is 0 Å². The average Bonchev–Trinajstić information content (AvgIpc) is 2.96. The number of nitrogens with one attached hydrogen (secondary N) is 1. The van der Waals surface area contributed by atoms with Gasteiger partial charge in [0.1, 0.15) is 67.1 Å². The summed E-state index contributed by atoms with van der Waals surface area (Å²) in [5.41, 5.74) is 0. The summed E-state index contributed by atoms with van der Waals surface area (Å²) in [6, 6.07) is -1.55. The fraction of sp³-hybridized carbons (Fsp3) is 0.913. The summed E-state index contributed by atoms with van der Waals surface area (Å²) in [5, 5.41) is 124. The molecule has 0 aliphatic carbocycles. The van der Waals surface area contributed by atoms with Crippen molar-refractivity contribution in [2.75, 3.05) is 19.8 Å². The van der Waals surface area contributed by atoms with Crippen LogP contribution >= 0.6 is 0 Å². The standard InChI is InChI=1S/C23H39NO19/c1-6(28)24-11-7(29)2-23(22(37)38,42-18(11)12(31)8(30)3-25)43-19-16(35)20(36)39-10(5-27)17(19)41-21-15(34)14(33)13(32)9(4-26)40-21/h7-21,25-27,29-36H,2-5H2,1H3,(H,24,28)(H,37,38)/t7-,8+,9+,10+,11+,12+,13-,14+,15+,16+,17+,18+,19+,20?,21-,23+/m0/s1. The molecule has 1 amide bonds. The smallest absolute Gasteiger partial charge is 0.364 e. The predicted octanol–water partition coefficient (Wildman–Crippen LogP) is -8.22. The van der Waals surface area contributed by atoms with Gasteiger partial charge in [-0.3, -0.25) is 4.79 Å². The minimum atomic E-state index is -3.05. The monoisotopic (exact) mass is 633 g/mol. The van der Waals surface area contributed by atoms with Gasteiger partial charge in [-0.25, -0.2) is 4.79 Å². The normalized spacial score (nSPS) is 45.3. The maximum absolute atomic E-state index is 12.6. The number of aliphatic carboxylic acids is 1. The number of carbonyl (C=O) groups is 2. The first-order valence-electron chi connectivity index (χ1n) is 13.2. The Bertz CT molecular complexity index is 942. The van der Waals surface area contributed by atoms with Crippen LogP contribution in [0.1, 0.15) is 13.3 Å². The van der Waals surface area contributed by atoms with Crippen molar-refractivity contribution in [3.63, 3.8) is 0 Å². The Labute approximate surface area is 243 Å². The fourth-order valence-electron chi connectivity index (χ4n) is 5.16. The summed E-state index contributed by atoms with van der Waals surface area (Å²) in [4.78, 5) is 24.4. The van der Waals surface area contributed by atoms with E-state index in [-0.39, 0.29) is 0 Å². The molecule has 3 fully saturated rings. The summed E-state index contributed by atoms with van der Waals surface area (Å²) in [6.07, 6.45) is -28.1. The first kappa shape index (κ1) is 35.8. The lowest BCUT2D eigenvalue weighted by Gasteiger charge is -2.51. The number of amides is 1. The number of ether oxygens (including phenoxy) is 5. The van der Waals surface area contributed by atoms with Gasteiger partial charge in [-0.2, -0.15) is 0 Å². The Kier molecular flexibility index (Phi) is 12.1. The third-order valence-corrected chi connectivity index (χ3v) is 7.47. The summed E-state index contributed by atoms with van der Waals surface area (Å²) in [5.74, 6) is -5.78. The lowest BCUT2D eigenvalue weighted by atomic mass is 9.88. The minimum Gasteiger partial charge on any atom is -0.477 e. The van der Waals surface area contributed by atoms with E-state index in [2.05, 4.69) is 5.32 Å². The largest absolute Gasteiger partial charge is 0.477 e. The van der Waals surface area contributed by atoms with Crippen molar-refractivity contribution in [2.24, 2.45) is 0 Å². The quantitative estimate of drug-likeness (QED) is 0.100. The SMILES string of the molecule is CC(=O)N[C@H]1[C@H]([C@H](O)[C@H](O)CO)O[C@](O[C@H]2[C@H](O[C@@H]3O[C@H](CO)[C@H](O)[C@@H](O)[C@H]3O)[C@@H](CO)OC(O)[C@@H]2O)(C(=O)O)C[C@@H]1O. The van der Waals surface area contributed by atoms with Crippen LogP contribution in [0.5, 0.6) is 0 Å². The first-order valence-corrected chi connectivity index (χ1v) is 13.2. The van der Waals surface area contributed by atoms with Crippen molar-refractivity contribution in [3.8, 4) is 0 Å². The van der Waals surface area contributed by atoms with Crippen molar-refractivity contribution >= 4 is 11.9 Å². The lowest BCUT2D eigenvalue weighted by Crippen LogP contribution is -2.71. The van der Waals surface area contributed by atoms with Gasteiger partial charge in [-0.15, -0.1) is 0 Å². The highest BCUT2D eigenvalue weighted by atomic mass is 16.8. The Morgan fingerprint density at radius 2 is 1.53 bits per heavy atom. The summed E-state index contributed by atoms with van der Waals surface area (Å²) in [6.45, 7) is -1.86. The van der Waals surface area contributed by atoms with E-state index < -0.39 is 136 Å². The molecule has 0 spiro atoms. The number of hydrogen-bond donors (Lipinski definition) is 13. The average molecular weight is 634 g/mol. The zero-order valence-corrected chi connectivity index (χ0v) is 22.7. The maximum atomic E-state index is 12.6. The van der Waals surface area contributed by atoms with Gasteiger partial charge in [-0.1, -0.05) is 0 Å². The van der Waals surface area contributed by atoms with Crippen molar-refractivity contribution in [3.05, 3.63) is 0 Å². The van der Waals surface area contributed by atoms with Gasteiger partial charge in [0.15, 0.2) is 12.6 Å². The van der Waals surface area contributed by atoms with Crippen LogP contribution in [-0.2, 0) is 33.3 Å². The zero-order valence-electron chi connectivity index (χ0n) is 22.7. The minimum absolute atomic E-state index is 0.756. The van der Waals surface area contributed by atoms with Crippen LogP contribution in [0.15, 0.2) is 0 Å². The molecular weight excluding hydrogens is 594 g/mol. The van der Waals surface area contributed by atoms with Crippen molar-refractivity contribution in [1.29, 1.82) is 0 Å². The van der Waals surface area contributed by atoms with E-state index in [0.717, 1.165) is 6.92 Å². The Hall–Kier alpha value is -1.70. The Balaban J connectivity index is 2.01. The number of carbonyl (C=O) groups excluding carboxylic acids is 1. The molecule has 250 valence electrons. The van der Waals surface area contributed by atoms with Crippen LogP contribution < -0.4 is 5.32 Å². The molecule has 16 atom stereocenters. The van der Waals surface area contributed by atoms with Crippen LogP contribution in [0.2, 0.25) is 0 Å². The molecule has 0 bridgehead atoms. The molecule has 13 N–H and O–H groups in total. The summed E-state index contributed by atoms with van der Waals surface area (Å²) < 4.78 is 27.1. The zero-order chi connectivity index (χ0) is 32.4. The second-order valence-electron chi connectivity index (χ2n) is 10.5. The molecule has 3 heterocycles. The molecule has 0 aromatic heterocycles. The topological polar surface area (TPSA) is 335 Å². The van der Waals surface area contributed by atoms with E-state index in [9.17, 15) is 70.9 Å². The molecule has 3 saturated heterocycles. The molecular formula is C23H39NO19. The molecule has 3 rings (SSSR count). The van der Waals surface area contributed by atoms with Crippen LogP contribution in [0.4, 0.5) is 0 Å². The highest BCUT2D eigenvalue weighted by Gasteiger charge is 2.60. The summed E-state index contributed by atoms with van der Waals surface area (Å²) >= 11 is 0. The van der Waals surface area contributed by atoms with Crippen LogP contribution in [0, 0.1) is 0 Å². The molecule has 0 radical (unpaired) electrons. The highest BCUT2D eigenvalue weighted by Crippen LogP contribution is 2.38. The molecule has 0 aromatic rings. The van der Waals surface area contributed by atoms with Gasteiger partial charge in [0, 0.05) is 13.3 Å². The van der Waals surface area contributed by atoms with Gasteiger partial charge in [0.25, 0.3) is 5.79 Å². The maximum Gasteiger partial charge on any atom is 0.364 e. The predicted molar refractivity (Wildman–Crippen MR) is 130 cm³/mol. The van der Waals surface area contributed by atoms with E-state index in [1.54, 1.807) is 0 Å². The fourth-order valence-corrected chi connectivity index (χ4v) is 5.16. The van der Waals surface area contributed by atoms with Gasteiger partial charge in [0.2, 0.25) is 5.91 Å². The number of carboxylic acid groups (broad SMARTS) is 1. The highest BCUT2D eigenvalue weighted by molar-refractivity contribution is 5.76. The molecule has 43 heavy (non-hydrogen) atoms. The van der Waals surface area contributed by atoms with E-state index in [0.29, 0.717) is 0 Å². The van der Waals surface area contributed by atoms with E-state index in [1.165, 1.54) is 0 Å². The molecule has 3 aliphatic rings. The van der Waals surface area contributed by atoms with Gasteiger partial charge in [-0.05, 0) is 0 Å².